The van der Waals surface area contributed by atoms with E-state index in [2.05, 4.69) is 10.1 Å². The van der Waals surface area contributed by atoms with E-state index in [4.69, 9.17) is 0 Å². The minimum atomic E-state index is -4.76. The third-order valence-corrected chi connectivity index (χ3v) is 4.14. The third-order valence-electron chi connectivity index (χ3n) is 4.14. The maximum absolute atomic E-state index is 12.4. The number of rotatable bonds is 6. The molecule has 0 aromatic heterocycles. The van der Waals surface area contributed by atoms with Crippen LogP contribution in [0.5, 0.6) is 5.75 Å². The van der Waals surface area contributed by atoms with Crippen molar-refractivity contribution in [2.75, 3.05) is 5.32 Å². The van der Waals surface area contributed by atoms with Crippen molar-refractivity contribution in [1.82, 2.24) is 0 Å². The van der Waals surface area contributed by atoms with Crippen LogP contribution >= 0.6 is 0 Å². The van der Waals surface area contributed by atoms with Crippen LogP contribution in [0, 0.1) is 0 Å². The Bertz CT molecular complexity index is 1110. The van der Waals surface area contributed by atoms with Crippen molar-refractivity contribution in [3.05, 3.63) is 95.1 Å². The zero-order valence-corrected chi connectivity index (χ0v) is 15.9. The van der Waals surface area contributed by atoms with Gasteiger partial charge in [-0.25, -0.2) is 4.79 Å². The summed E-state index contributed by atoms with van der Waals surface area (Å²) < 4.78 is 40.5. The zero-order chi connectivity index (χ0) is 22.4. The molecule has 0 bridgehead atoms. The topological polar surface area (TPSA) is 75.6 Å². The van der Waals surface area contributed by atoms with E-state index in [1.807, 2.05) is 0 Å². The quantitative estimate of drug-likeness (QED) is 0.495. The Kier molecular flexibility index (Phi) is 6.40. The number of carbonyl (C=O) groups is 2. The lowest BCUT2D eigenvalue weighted by Crippen LogP contribution is -2.16. The number of anilines is 1. The molecule has 3 rings (SSSR count). The minimum Gasteiger partial charge on any atom is -0.478 e. The van der Waals surface area contributed by atoms with Gasteiger partial charge in [-0.15, -0.1) is 13.2 Å². The monoisotopic (exact) mass is 427 g/mol. The van der Waals surface area contributed by atoms with Crippen LogP contribution in [0.15, 0.2) is 72.8 Å². The highest BCUT2D eigenvalue weighted by Crippen LogP contribution is 2.24. The Hall–Kier alpha value is -4.07. The van der Waals surface area contributed by atoms with E-state index in [1.54, 1.807) is 48.6 Å². The van der Waals surface area contributed by atoms with Crippen molar-refractivity contribution in [1.29, 1.82) is 0 Å². The Morgan fingerprint density at radius 3 is 2.10 bits per heavy atom. The van der Waals surface area contributed by atoms with Gasteiger partial charge in [-0.1, -0.05) is 48.6 Å². The van der Waals surface area contributed by atoms with Crippen LogP contribution in [-0.2, 0) is 0 Å². The largest absolute Gasteiger partial charge is 0.573 e. The predicted molar refractivity (Wildman–Crippen MR) is 110 cm³/mol. The number of carboxylic acids is 1. The molecule has 0 unspecified atom stereocenters. The van der Waals surface area contributed by atoms with Gasteiger partial charge in [-0.2, -0.15) is 0 Å². The Morgan fingerprint density at radius 2 is 1.48 bits per heavy atom. The highest BCUT2D eigenvalue weighted by atomic mass is 19.4. The summed E-state index contributed by atoms with van der Waals surface area (Å²) in [6.07, 6.45) is -1.48. The van der Waals surface area contributed by atoms with Crippen LogP contribution < -0.4 is 10.1 Å². The number of amides is 1. The smallest absolute Gasteiger partial charge is 0.478 e. The van der Waals surface area contributed by atoms with Gasteiger partial charge in [0.2, 0.25) is 0 Å². The van der Waals surface area contributed by atoms with Crippen molar-refractivity contribution >= 4 is 29.7 Å². The third kappa shape index (κ3) is 6.20. The first-order valence-corrected chi connectivity index (χ1v) is 8.99. The summed E-state index contributed by atoms with van der Waals surface area (Å²) in [5.41, 5.74) is 1.61. The highest BCUT2D eigenvalue weighted by molar-refractivity contribution is 6.08. The van der Waals surface area contributed by atoms with E-state index >= 15 is 0 Å². The van der Waals surface area contributed by atoms with Gasteiger partial charge in [-0.05, 0) is 47.5 Å². The van der Waals surface area contributed by atoms with Gasteiger partial charge in [0, 0.05) is 5.56 Å². The number of carboxylic acid groups (broad SMARTS) is 1. The number of aromatic carboxylic acids is 1. The van der Waals surface area contributed by atoms with Crippen LogP contribution in [0.3, 0.4) is 0 Å². The number of alkyl halides is 3. The number of carbonyl (C=O) groups excluding carboxylic acids is 1. The lowest BCUT2D eigenvalue weighted by molar-refractivity contribution is -0.274. The number of benzene rings is 3. The van der Waals surface area contributed by atoms with Crippen molar-refractivity contribution in [2.45, 2.75) is 6.36 Å². The zero-order valence-electron chi connectivity index (χ0n) is 15.9. The van der Waals surface area contributed by atoms with Crippen molar-refractivity contribution in [3.8, 4) is 5.75 Å². The molecule has 0 atom stereocenters. The van der Waals surface area contributed by atoms with E-state index in [0.29, 0.717) is 16.7 Å². The fourth-order valence-electron chi connectivity index (χ4n) is 2.71. The summed E-state index contributed by atoms with van der Waals surface area (Å²) in [5.74, 6) is -1.98. The maximum atomic E-state index is 12.4. The molecule has 0 saturated heterocycles. The number of ether oxygens (including phenoxy) is 1. The normalized spacial score (nSPS) is 11.3. The van der Waals surface area contributed by atoms with Gasteiger partial charge in [-0.3, -0.25) is 4.79 Å². The lowest BCUT2D eigenvalue weighted by Gasteiger charge is -2.10. The molecule has 0 aliphatic rings. The number of halogens is 3. The fraction of sp³-hybridized carbons (Fsp3) is 0.0435. The Morgan fingerprint density at radius 1 is 0.871 bits per heavy atom. The van der Waals surface area contributed by atoms with Gasteiger partial charge in [0.25, 0.3) is 5.91 Å². The van der Waals surface area contributed by atoms with Crippen molar-refractivity contribution in [3.63, 3.8) is 0 Å². The van der Waals surface area contributed by atoms with Gasteiger partial charge < -0.3 is 15.2 Å². The molecule has 1 amide bonds. The number of hydrogen-bond donors (Lipinski definition) is 2. The fourth-order valence-corrected chi connectivity index (χ4v) is 2.71. The lowest BCUT2D eigenvalue weighted by atomic mass is 10.1. The van der Waals surface area contributed by atoms with Gasteiger partial charge in [0.1, 0.15) is 5.75 Å². The second kappa shape index (κ2) is 9.17. The molecule has 0 radical (unpaired) electrons. The molecule has 0 aliphatic heterocycles. The highest BCUT2D eigenvalue weighted by Gasteiger charge is 2.30. The van der Waals surface area contributed by atoms with Crippen molar-refractivity contribution < 1.29 is 32.6 Å². The first kappa shape index (κ1) is 21.6. The van der Waals surface area contributed by atoms with Crippen LogP contribution in [0.2, 0.25) is 0 Å². The molecule has 31 heavy (non-hydrogen) atoms. The molecule has 5 nitrogen and oxygen atoms in total. The average Bonchev–Trinajstić information content (AvgIpc) is 2.72. The van der Waals surface area contributed by atoms with Crippen LogP contribution in [0.4, 0.5) is 18.9 Å². The van der Waals surface area contributed by atoms with Crippen LogP contribution in [-0.4, -0.2) is 23.3 Å². The Labute approximate surface area is 175 Å². The summed E-state index contributed by atoms with van der Waals surface area (Å²) in [5, 5.41) is 12.0. The Balaban J connectivity index is 1.80. The summed E-state index contributed by atoms with van der Waals surface area (Å²) in [4.78, 5) is 23.9. The van der Waals surface area contributed by atoms with E-state index in [1.165, 1.54) is 36.4 Å². The second-order valence-electron chi connectivity index (χ2n) is 6.38. The molecule has 8 heteroatoms. The SMILES string of the molecule is O=C(Nc1cc(C=Cc2ccc(OC(F)(F)F)cc2)ccc1C(=O)O)c1ccccc1. The molecule has 0 heterocycles. The molecule has 0 fully saturated rings. The van der Waals surface area contributed by atoms with E-state index < -0.39 is 18.2 Å². The first-order valence-electron chi connectivity index (χ1n) is 8.99. The van der Waals surface area contributed by atoms with E-state index in [9.17, 15) is 27.9 Å². The summed E-state index contributed by atoms with van der Waals surface area (Å²) in [6.45, 7) is 0. The molecule has 2 N–H and O–H groups in total. The molecular formula is C23H16F3NO4. The standard InChI is InChI=1S/C23H16F3NO4/c24-23(25,26)31-18-11-8-15(9-12-18)6-7-16-10-13-19(22(29)30)20(14-16)27-21(28)17-4-2-1-3-5-17/h1-14H,(H,27,28)(H,29,30). The number of hydrogen-bond acceptors (Lipinski definition) is 3. The van der Waals surface area contributed by atoms with Crippen LogP contribution in [0.25, 0.3) is 12.2 Å². The van der Waals surface area contributed by atoms with Crippen molar-refractivity contribution in [2.24, 2.45) is 0 Å². The number of nitrogens with one attached hydrogen (secondary N) is 1. The predicted octanol–water partition coefficient (Wildman–Crippen LogP) is 5.71. The molecule has 0 saturated carbocycles. The molecule has 158 valence electrons. The van der Waals surface area contributed by atoms with Gasteiger partial charge in [0.05, 0.1) is 11.3 Å². The van der Waals surface area contributed by atoms with E-state index in [-0.39, 0.29) is 17.0 Å². The molecule has 0 aliphatic carbocycles. The molecule has 0 spiro atoms. The average molecular weight is 427 g/mol. The summed E-state index contributed by atoms with van der Waals surface area (Å²) in [6, 6.07) is 18.0. The van der Waals surface area contributed by atoms with Crippen LogP contribution in [0.1, 0.15) is 31.8 Å². The summed E-state index contributed by atoms with van der Waals surface area (Å²) >= 11 is 0. The maximum Gasteiger partial charge on any atom is 0.573 e. The summed E-state index contributed by atoms with van der Waals surface area (Å²) in [7, 11) is 0. The second-order valence-corrected chi connectivity index (χ2v) is 6.38. The molecule has 3 aromatic rings. The first-order chi connectivity index (χ1) is 14.7. The van der Waals surface area contributed by atoms with Gasteiger partial charge in [0.15, 0.2) is 0 Å². The van der Waals surface area contributed by atoms with Gasteiger partial charge >= 0.3 is 12.3 Å². The minimum absolute atomic E-state index is 0.0740. The molecular weight excluding hydrogens is 411 g/mol. The van der Waals surface area contributed by atoms with E-state index in [0.717, 1.165) is 0 Å². The molecule has 3 aromatic carbocycles.